The third kappa shape index (κ3) is 4.53. The first-order chi connectivity index (χ1) is 15.9. The summed E-state index contributed by atoms with van der Waals surface area (Å²) in [6, 6.07) is 5.75. The van der Waals surface area contributed by atoms with Crippen molar-refractivity contribution in [3.05, 3.63) is 41.6 Å². The molecule has 3 atom stereocenters. The number of carbonyl (C=O) groups is 2. The summed E-state index contributed by atoms with van der Waals surface area (Å²) in [6.45, 7) is 10.4. The molecule has 1 aromatic rings. The lowest BCUT2D eigenvalue weighted by Crippen LogP contribution is -2.61. The second-order valence-corrected chi connectivity index (χ2v) is 10.2. The molecule has 7 nitrogen and oxygen atoms in total. The maximum Gasteiger partial charge on any atom is 0.255 e. The molecule has 3 fully saturated rings. The molecule has 1 saturated carbocycles. The molecule has 0 bridgehead atoms. The van der Waals surface area contributed by atoms with Crippen LogP contribution in [-0.4, -0.2) is 65.1 Å². The summed E-state index contributed by atoms with van der Waals surface area (Å²) < 4.78 is 12.5. The van der Waals surface area contributed by atoms with E-state index in [4.69, 9.17) is 9.47 Å². The summed E-state index contributed by atoms with van der Waals surface area (Å²) in [5.41, 5.74) is 2.34. The van der Waals surface area contributed by atoms with Crippen LogP contribution in [0.25, 0.3) is 0 Å². The molecule has 2 amide bonds. The van der Waals surface area contributed by atoms with Gasteiger partial charge in [-0.15, -0.1) is 0 Å². The lowest BCUT2D eigenvalue weighted by molar-refractivity contribution is -0.126. The van der Waals surface area contributed by atoms with Gasteiger partial charge in [-0.2, -0.15) is 0 Å². The van der Waals surface area contributed by atoms with Crippen molar-refractivity contribution in [3.63, 3.8) is 0 Å². The molecule has 7 heteroatoms. The minimum absolute atomic E-state index is 0.0727. The highest BCUT2D eigenvalue weighted by atomic mass is 16.5. The Morgan fingerprint density at radius 1 is 1.12 bits per heavy atom. The molecule has 1 N–H and O–H groups in total. The lowest BCUT2D eigenvalue weighted by Gasteiger charge is -2.48. The van der Waals surface area contributed by atoms with Gasteiger partial charge in [0.1, 0.15) is 17.9 Å². The number of amides is 2. The van der Waals surface area contributed by atoms with E-state index >= 15 is 0 Å². The first-order valence-electron chi connectivity index (χ1n) is 12.4. The van der Waals surface area contributed by atoms with Crippen molar-refractivity contribution < 1.29 is 19.1 Å². The number of carbonyl (C=O) groups excluding carboxylic acids is 2. The van der Waals surface area contributed by atoms with Crippen LogP contribution in [0.3, 0.4) is 0 Å². The Bertz CT molecular complexity index is 939. The number of nitrogens with one attached hydrogen (secondary N) is 1. The van der Waals surface area contributed by atoms with Crippen LogP contribution in [0.5, 0.6) is 5.75 Å². The molecule has 1 unspecified atom stereocenters. The Labute approximate surface area is 196 Å². The minimum atomic E-state index is -0.435. The first-order valence-corrected chi connectivity index (χ1v) is 12.4. The van der Waals surface area contributed by atoms with Gasteiger partial charge in [0.25, 0.3) is 5.91 Å². The topological polar surface area (TPSA) is 71.1 Å². The average Bonchev–Trinajstić information content (AvgIpc) is 3.06. The molecule has 3 aliphatic heterocycles. The second kappa shape index (κ2) is 9.11. The number of hydrogen-bond acceptors (Lipinski definition) is 5. The highest BCUT2D eigenvalue weighted by Gasteiger charge is 2.40. The largest absolute Gasteiger partial charge is 0.489 e. The fraction of sp³-hybridized carbons (Fsp3) is 0.615. The molecule has 33 heavy (non-hydrogen) atoms. The van der Waals surface area contributed by atoms with Crippen molar-refractivity contribution in [2.45, 2.75) is 89.3 Å². The van der Waals surface area contributed by atoms with E-state index in [1.54, 1.807) is 4.90 Å². The van der Waals surface area contributed by atoms with Crippen LogP contribution in [0.4, 0.5) is 0 Å². The number of fused-ring (bicyclic) bond motifs is 1. The van der Waals surface area contributed by atoms with Crippen molar-refractivity contribution in [3.8, 4) is 5.75 Å². The average molecular weight is 454 g/mol. The molecule has 1 aromatic carbocycles. The van der Waals surface area contributed by atoms with E-state index in [2.05, 4.69) is 30.6 Å². The summed E-state index contributed by atoms with van der Waals surface area (Å²) in [6.07, 6.45) is 6.69. The van der Waals surface area contributed by atoms with Crippen LogP contribution >= 0.6 is 0 Å². The predicted molar refractivity (Wildman–Crippen MR) is 125 cm³/mol. The number of likely N-dealkylation sites (tertiary alicyclic amines) is 1. The Morgan fingerprint density at radius 2 is 1.91 bits per heavy atom. The highest BCUT2D eigenvalue weighted by molar-refractivity contribution is 6.01. The zero-order valence-electron chi connectivity index (χ0n) is 19.7. The van der Waals surface area contributed by atoms with Crippen LogP contribution in [0.15, 0.2) is 30.5 Å². The number of allylic oxidation sites excluding steroid dienone is 1. The van der Waals surface area contributed by atoms with E-state index in [-0.39, 0.29) is 24.0 Å². The minimum Gasteiger partial charge on any atom is -0.489 e. The monoisotopic (exact) mass is 453 g/mol. The van der Waals surface area contributed by atoms with Gasteiger partial charge in [-0.05, 0) is 69.7 Å². The summed E-state index contributed by atoms with van der Waals surface area (Å²) in [4.78, 5) is 29.6. The molecule has 4 aliphatic rings. The molecule has 2 saturated heterocycles. The normalized spacial score (nSPS) is 28.6. The zero-order valence-corrected chi connectivity index (χ0v) is 19.7. The van der Waals surface area contributed by atoms with Crippen molar-refractivity contribution in [2.75, 3.05) is 13.1 Å². The first kappa shape index (κ1) is 22.4. The number of benzene rings is 1. The molecule has 1 aliphatic carbocycles. The standard InChI is InChI=1S/C26H35N3O4/c1-16(2)32-20-14-28(15-20)22-6-4-5-7-24(22)33-19-9-10-21-18(12-19)13-29(26(21)31)23-11-8-17(3)27-25(23)30/h9-10,12,16,20,22-24H,3-8,11,13-15H2,1-2H3,(H,27,30)/t22-,23?,24-/m1/s1. The maximum absolute atomic E-state index is 13.0. The molecule has 3 heterocycles. The van der Waals surface area contributed by atoms with Gasteiger partial charge in [-0.3, -0.25) is 14.5 Å². The lowest BCUT2D eigenvalue weighted by atomic mass is 9.89. The molecular formula is C26H35N3O4. The third-order valence-corrected chi connectivity index (χ3v) is 7.37. The number of nitrogens with zero attached hydrogens (tertiary/aromatic N) is 2. The third-order valence-electron chi connectivity index (χ3n) is 7.37. The van der Waals surface area contributed by atoms with Gasteiger partial charge in [0.05, 0.1) is 12.2 Å². The number of ether oxygens (including phenoxy) is 2. The van der Waals surface area contributed by atoms with E-state index in [9.17, 15) is 9.59 Å². The van der Waals surface area contributed by atoms with Gasteiger partial charge in [0, 0.05) is 36.9 Å². The Hall–Kier alpha value is -2.38. The summed E-state index contributed by atoms with van der Waals surface area (Å²) in [5, 5.41) is 2.79. The van der Waals surface area contributed by atoms with Crippen LogP contribution < -0.4 is 10.1 Å². The molecule has 0 radical (unpaired) electrons. The smallest absolute Gasteiger partial charge is 0.255 e. The summed E-state index contributed by atoms with van der Waals surface area (Å²) >= 11 is 0. The van der Waals surface area contributed by atoms with Crippen LogP contribution in [0, 0.1) is 0 Å². The van der Waals surface area contributed by atoms with Gasteiger partial charge < -0.3 is 19.7 Å². The highest BCUT2D eigenvalue weighted by Crippen LogP contribution is 2.34. The fourth-order valence-corrected chi connectivity index (χ4v) is 5.72. The maximum atomic E-state index is 13.0. The molecule has 178 valence electrons. The number of piperidine rings is 1. The quantitative estimate of drug-likeness (QED) is 0.716. The van der Waals surface area contributed by atoms with Crippen LogP contribution in [0.1, 0.15) is 68.3 Å². The van der Waals surface area contributed by atoms with Gasteiger partial charge in [-0.1, -0.05) is 13.0 Å². The Balaban J connectivity index is 1.24. The van der Waals surface area contributed by atoms with E-state index < -0.39 is 6.04 Å². The van der Waals surface area contributed by atoms with E-state index in [1.165, 1.54) is 12.8 Å². The predicted octanol–water partition coefficient (Wildman–Crippen LogP) is 3.23. The van der Waals surface area contributed by atoms with Crippen LogP contribution in [0.2, 0.25) is 0 Å². The van der Waals surface area contributed by atoms with Gasteiger partial charge in [0.2, 0.25) is 5.91 Å². The zero-order chi connectivity index (χ0) is 23.1. The van der Waals surface area contributed by atoms with Gasteiger partial charge >= 0.3 is 0 Å². The number of hydrogen-bond donors (Lipinski definition) is 1. The van der Waals surface area contributed by atoms with Crippen molar-refractivity contribution in [2.24, 2.45) is 0 Å². The Morgan fingerprint density at radius 3 is 2.67 bits per heavy atom. The molecular weight excluding hydrogens is 418 g/mol. The van der Waals surface area contributed by atoms with Crippen molar-refractivity contribution in [1.82, 2.24) is 15.1 Å². The molecule has 0 spiro atoms. The number of rotatable bonds is 6. The SMILES string of the molecule is C=C1CCC(N2Cc3cc(O[C@@H]4CCCC[C@H]4N4CC(OC(C)C)C4)ccc3C2=O)C(=O)N1. The van der Waals surface area contributed by atoms with Gasteiger partial charge in [0.15, 0.2) is 0 Å². The summed E-state index contributed by atoms with van der Waals surface area (Å²) in [7, 11) is 0. The van der Waals surface area contributed by atoms with E-state index in [1.807, 2.05) is 18.2 Å². The molecule has 0 aromatic heterocycles. The summed E-state index contributed by atoms with van der Waals surface area (Å²) in [5.74, 6) is 0.608. The van der Waals surface area contributed by atoms with Crippen molar-refractivity contribution in [1.29, 1.82) is 0 Å². The van der Waals surface area contributed by atoms with E-state index in [0.29, 0.717) is 37.1 Å². The van der Waals surface area contributed by atoms with Crippen molar-refractivity contribution >= 4 is 11.8 Å². The van der Waals surface area contributed by atoms with Crippen LogP contribution in [-0.2, 0) is 16.1 Å². The van der Waals surface area contributed by atoms with E-state index in [0.717, 1.165) is 42.9 Å². The Kier molecular flexibility index (Phi) is 6.18. The fourth-order valence-electron chi connectivity index (χ4n) is 5.72. The second-order valence-electron chi connectivity index (χ2n) is 10.2. The molecule has 5 rings (SSSR count). The van der Waals surface area contributed by atoms with Gasteiger partial charge in [-0.25, -0.2) is 0 Å².